The summed E-state index contributed by atoms with van der Waals surface area (Å²) in [6, 6.07) is 6.87. The molecular weight excluding hydrogens is 371 g/mol. The maximum Gasteiger partial charge on any atom is 0.406 e. The van der Waals surface area contributed by atoms with Gasteiger partial charge in [-0.05, 0) is 11.6 Å². The second-order valence-corrected chi connectivity index (χ2v) is 6.97. The van der Waals surface area contributed by atoms with Gasteiger partial charge in [0.15, 0.2) is 0 Å². The van der Waals surface area contributed by atoms with Crippen molar-refractivity contribution < 1.29 is 22.8 Å². The summed E-state index contributed by atoms with van der Waals surface area (Å²) >= 11 is 6.25. The number of hydrogen-bond acceptors (Lipinski definition) is 3. The van der Waals surface area contributed by atoms with Crippen molar-refractivity contribution in [3.63, 3.8) is 0 Å². The lowest BCUT2D eigenvalue weighted by molar-refractivity contribution is -0.157. The second kappa shape index (κ2) is 7.44. The molecule has 142 valence electrons. The second-order valence-electron chi connectivity index (χ2n) is 6.56. The molecule has 2 heterocycles. The fourth-order valence-electron chi connectivity index (χ4n) is 3.53. The van der Waals surface area contributed by atoms with E-state index in [1.165, 1.54) is 0 Å². The zero-order chi connectivity index (χ0) is 18.9. The summed E-state index contributed by atoms with van der Waals surface area (Å²) < 4.78 is 37.7. The molecule has 0 aliphatic carbocycles. The number of carbonyl (C=O) groups is 2. The molecule has 3 rings (SSSR count). The Morgan fingerprint density at radius 3 is 2.73 bits per heavy atom. The van der Waals surface area contributed by atoms with Gasteiger partial charge >= 0.3 is 6.18 Å². The van der Waals surface area contributed by atoms with Crippen LogP contribution in [0, 0.1) is 5.92 Å². The summed E-state index contributed by atoms with van der Waals surface area (Å²) in [7, 11) is 0. The Labute approximate surface area is 154 Å². The fourth-order valence-corrected chi connectivity index (χ4v) is 3.79. The highest BCUT2D eigenvalue weighted by molar-refractivity contribution is 6.31. The van der Waals surface area contributed by atoms with Gasteiger partial charge in [0.1, 0.15) is 6.54 Å². The minimum atomic E-state index is -4.47. The van der Waals surface area contributed by atoms with Gasteiger partial charge in [-0.2, -0.15) is 13.2 Å². The summed E-state index contributed by atoms with van der Waals surface area (Å²) in [6.45, 7) is -0.0117. The maximum atomic E-state index is 12.9. The van der Waals surface area contributed by atoms with E-state index in [-0.39, 0.29) is 24.9 Å². The first-order valence-electron chi connectivity index (χ1n) is 8.36. The average molecular weight is 390 g/mol. The highest BCUT2D eigenvalue weighted by atomic mass is 35.5. The van der Waals surface area contributed by atoms with Crippen LogP contribution in [0.15, 0.2) is 24.3 Å². The molecular formula is C17H19ClF3N3O2. The summed E-state index contributed by atoms with van der Waals surface area (Å²) in [5.74, 6) is -1.69. The van der Waals surface area contributed by atoms with Gasteiger partial charge in [0.25, 0.3) is 0 Å². The van der Waals surface area contributed by atoms with Crippen molar-refractivity contribution in [2.75, 3.05) is 32.7 Å². The minimum absolute atomic E-state index is 0.186. The van der Waals surface area contributed by atoms with Crippen LogP contribution in [0.3, 0.4) is 0 Å². The first kappa shape index (κ1) is 19.0. The first-order valence-corrected chi connectivity index (χ1v) is 8.74. The molecule has 2 atom stereocenters. The van der Waals surface area contributed by atoms with Crippen LogP contribution in [-0.4, -0.2) is 60.5 Å². The zero-order valence-corrected chi connectivity index (χ0v) is 14.7. The number of halogens is 4. The molecule has 2 aliphatic heterocycles. The van der Waals surface area contributed by atoms with Crippen LogP contribution in [0.2, 0.25) is 5.02 Å². The molecule has 2 aliphatic rings. The van der Waals surface area contributed by atoms with Crippen molar-refractivity contribution in [1.82, 2.24) is 15.1 Å². The standard InChI is InChI=1S/C17H19ClF3N3O2/c18-13-4-2-1-3-12(13)14-8-22-5-6-24(14)16(26)11-7-15(25)23(9-11)10-17(19,20)21/h1-4,11,14,22H,5-10H2. The molecule has 0 radical (unpaired) electrons. The number of rotatable bonds is 3. The number of hydrogen-bond donors (Lipinski definition) is 1. The largest absolute Gasteiger partial charge is 0.406 e. The lowest BCUT2D eigenvalue weighted by Crippen LogP contribution is -2.51. The fraction of sp³-hybridized carbons (Fsp3) is 0.529. The Morgan fingerprint density at radius 2 is 2.04 bits per heavy atom. The third-order valence-corrected chi connectivity index (χ3v) is 5.07. The SMILES string of the molecule is O=C1CC(C(=O)N2CCNCC2c2ccccc2Cl)CN1CC(F)(F)F. The quantitative estimate of drug-likeness (QED) is 0.862. The topological polar surface area (TPSA) is 52.7 Å². The molecule has 0 spiro atoms. The lowest BCUT2D eigenvalue weighted by Gasteiger charge is -2.38. The number of likely N-dealkylation sites (tertiary alicyclic amines) is 1. The summed E-state index contributed by atoms with van der Waals surface area (Å²) in [5.41, 5.74) is 0.784. The van der Waals surface area contributed by atoms with Crippen LogP contribution in [0.5, 0.6) is 0 Å². The first-order chi connectivity index (χ1) is 12.3. The van der Waals surface area contributed by atoms with E-state index in [1.807, 2.05) is 12.1 Å². The van der Waals surface area contributed by atoms with Crippen LogP contribution in [0.1, 0.15) is 18.0 Å². The predicted molar refractivity (Wildman–Crippen MR) is 89.5 cm³/mol. The van der Waals surface area contributed by atoms with Crippen LogP contribution < -0.4 is 5.32 Å². The van der Waals surface area contributed by atoms with Crippen LogP contribution >= 0.6 is 11.6 Å². The molecule has 2 fully saturated rings. The van der Waals surface area contributed by atoms with Gasteiger partial charge in [0, 0.05) is 37.6 Å². The van der Waals surface area contributed by atoms with Crippen molar-refractivity contribution in [1.29, 1.82) is 0 Å². The lowest BCUT2D eigenvalue weighted by atomic mass is 9.99. The van der Waals surface area contributed by atoms with E-state index >= 15 is 0 Å². The predicted octanol–water partition coefficient (Wildman–Crippen LogP) is 2.22. The molecule has 1 aromatic rings. The third-order valence-electron chi connectivity index (χ3n) is 4.72. The molecule has 2 saturated heterocycles. The molecule has 1 N–H and O–H groups in total. The average Bonchev–Trinajstić information content (AvgIpc) is 2.94. The van der Waals surface area contributed by atoms with E-state index in [4.69, 9.17) is 11.6 Å². The minimum Gasteiger partial charge on any atom is -0.333 e. The number of carbonyl (C=O) groups excluding carboxylic acids is 2. The molecule has 0 saturated carbocycles. The zero-order valence-electron chi connectivity index (χ0n) is 13.9. The van der Waals surface area contributed by atoms with E-state index in [0.717, 1.165) is 10.5 Å². The van der Waals surface area contributed by atoms with E-state index in [0.29, 0.717) is 24.7 Å². The van der Waals surface area contributed by atoms with E-state index in [9.17, 15) is 22.8 Å². The Bertz CT molecular complexity index is 698. The van der Waals surface area contributed by atoms with Gasteiger partial charge in [0.2, 0.25) is 11.8 Å². The molecule has 2 unspecified atom stereocenters. The van der Waals surface area contributed by atoms with Crippen molar-refractivity contribution in [2.24, 2.45) is 5.92 Å². The molecule has 1 aromatic carbocycles. The van der Waals surface area contributed by atoms with Crippen molar-refractivity contribution in [3.05, 3.63) is 34.9 Å². The van der Waals surface area contributed by atoms with E-state index in [1.54, 1.807) is 17.0 Å². The molecule has 5 nitrogen and oxygen atoms in total. The molecule has 0 bridgehead atoms. The van der Waals surface area contributed by atoms with Crippen LogP contribution in [0.25, 0.3) is 0 Å². The van der Waals surface area contributed by atoms with Crippen molar-refractivity contribution in [3.8, 4) is 0 Å². The van der Waals surface area contributed by atoms with Crippen molar-refractivity contribution in [2.45, 2.75) is 18.6 Å². The van der Waals surface area contributed by atoms with Crippen LogP contribution in [-0.2, 0) is 9.59 Å². The molecule has 9 heteroatoms. The van der Waals surface area contributed by atoms with Crippen LogP contribution in [0.4, 0.5) is 13.2 Å². The summed E-state index contributed by atoms with van der Waals surface area (Å²) in [5, 5.41) is 3.73. The highest BCUT2D eigenvalue weighted by Gasteiger charge is 2.43. The number of nitrogens with zero attached hydrogens (tertiary/aromatic N) is 2. The Balaban J connectivity index is 1.75. The van der Waals surface area contributed by atoms with Gasteiger partial charge in [-0.25, -0.2) is 0 Å². The maximum absolute atomic E-state index is 12.9. The van der Waals surface area contributed by atoms with Gasteiger partial charge in [0.05, 0.1) is 12.0 Å². The Kier molecular flexibility index (Phi) is 5.43. The normalized spacial score (nSPS) is 24.2. The number of piperazine rings is 1. The van der Waals surface area contributed by atoms with E-state index < -0.39 is 24.5 Å². The highest BCUT2D eigenvalue weighted by Crippen LogP contribution is 2.32. The molecule has 2 amide bonds. The van der Waals surface area contributed by atoms with Crippen molar-refractivity contribution >= 4 is 23.4 Å². The number of benzene rings is 1. The molecule has 26 heavy (non-hydrogen) atoms. The number of alkyl halides is 3. The monoisotopic (exact) mass is 389 g/mol. The Hall–Kier alpha value is -1.80. The smallest absolute Gasteiger partial charge is 0.333 e. The van der Waals surface area contributed by atoms with Gasteiger partial charge in [-0.1, -0.05) is 29.8 Å². The Morgan fingerprint density at radius 1 is 1.31 bits per heavy atom. The molecule has 0 aromatic heterocycles. The van der Waals surface area contributed by atoms with Gasteiger partial charge in [-0.15, -0.1) is 0 Å². The van der Waals surface area contributed by atoms with Gasteiger partial charge < -0.3 is 15.1 Å². The van der Waals surface area contributed by atoms with E-state index in [2.05, 4.69) is 5.32 Å². The number of nitrogens with one attached hydrogen (secondary N) is 1. The summed E-state index contributed by atoms with van der Waals surface area (Å²) in [6.07, 6.45) is -4.66. The number of amides is 2. The van der Waals surface area contributed by atoms with Gasteiger partial charge in [-0.3, -0.25) is 9.59 Å². The summed E-state index contributed by atoms with van der Waals surface area (Å²) in [4.78, 5) is 27.2. The third kappa shape index (κ3) is 4.12.